The molecule has 1 amide bonds. The van der Waals surface area contributed by atoms with E-state index in [1.807, 2.05) is 18.2 Å². The van der Waals surface area contributed by atoms with Gasteiger partial charge in [0.05, 0.1) is 19.9 Å². The number of carbonyl (C=O) groups excluding carboxylic acids is 1. The third-order valence-electron chi connectivity index (χ3n) is 5.82. The summed E-state index contributed by atoms with van der Waals surface area (Å²) < 4.78 is 16.4. The van der Waals surface area contributed by atoms with E-state index in [0.717, 1.165) is 35.7 Å². The van der Waals surface area contributed by atoms with Gasteiger partial charge in [-0.25, -0.2) is 4.98 Å². The van der Waals surface area contributed by atoms with Crippen molar-refractivity contribution in [1.82, 2.24) is 4.98 Å². The fourth-order valence-electron chi connectivity index (χ4n) is 3.88. The summed E-state index contributed by atoms with van der Waals surface area (Å²) in [4.78, 5) is 19.8. The molecule has 1 N–H and O–H groups in total. The smallest absolute Gasteiger partial charge is 0.262 e. The first-order chi connectivity index (χ1) is 15.6. The molecule has 7 heteroatoms. The number of nitrogens with zero attached hydrogens (tertiary/aromatic N) is 2. The highest BCUT2D eigenvalue weighted by Gasteiger charge is 2.18. The van der Waals surface area contributed by atoms with Gasteiger partial charge in [-0.2, -0.15) is 0 Å². The van der Waals surface area contributed by atoms with E-state index in [2.05, 4.69) is 29.3 Å². The summed E-state index contributed by atoms with van der Waals surface area (Å²) in [5.41, 5.74) is 1.29. The van der Waals surface area contributed by atoms with Gasteiger partial charge in [0, 0.05) is 24.5 Å². The molecule has 0 saturated carbocycles. The number of aromatic nitrogens is 1. The molecule has 0 bridgehead atoms. The summed E-state index contributed by atoms with van der Waals surface area (Å²) in [6.45, 7) is 4.16. The molecule has 1 aromatic heterocycles. The predicted molar refractivity (Wildman–Crippen MR) is 126 cm³/mol. The maximum atomic E-state index is 12.6. The van der Waals surface area contributed by atoms with Crippen LogP contribution in [0.4, 0.5) is 11.5 Å². The van der Waals surface area contributed by atoms with Gasteiger partial charge >= 0.3 is 0 Å². The SMILES string of the molecule is COc1ccc(OC)c(NC(=O)COc2cccc3ccc(N4CCC(C)CC4)nc23)c1. The number of hydrogen-bond acceptors (Lipinski definition) is 6. The predicted octanol–water partition coefficient (Wildman–Crippen LogP) is 4.51. The molecule has 1 fully saturated rings. The van der Waals surface area contributed by atoms with Crippen molar-refractivity contribution >= 4 is 28.3 Å². The Kier molecular flexibility index (Phi) is 6.63. The number of methoxy groups -OCH3 is 2. The van der Waals surface area contributed by atoms with Gasteiger partial charge in [0.15, 0.2) is 6.61 Å². The number of rotatable bonds is 7. The molecule has 2 aromatic carbocycles. The van der Waals surface area contributed by atoms with Gasteiger partial charge in [-0.15, -0.1) is 0 Å². The normalized spacial score (nSPS) is 14.3. The number of fused-ring (bicyclic) bond motifs is 1. The van der Waals surface area contributed by atoms with Crippen LogP contribution in [0.5, 0.6) is 17.2 Å². The van der Waals surface area contributed by atoms with Crippen molar-refractivity contribution < 1.29 is 19.0 Å². The van der Waals surface area contributed by atoms with Gasteiger partial charge in [0.2, 0.25) is 0 Å². The molecule has 2 heterocycles. The Labute approximate surface area is 188 Å². The lowest BCUT2D eigenvalue weighted by Crippen LogP contribution is -2.33. The lowest BCUT2D eigenvalue weighted by molar-refractivity contribution is -0.118. The molecule has 3 aromatic rings. The quantitative estimate of drug-likeness (QED) is 0.589. The van der Waals surface area contributed by atoms with E-state index in [4.69, 9.17) is 19.2 Å². The van der Waals surface area contributed by atoms with E-state index < -0.39 is 0 Å². The lowest BCUT2D eigenvalue weighted by atomic mass is 9.99. The van der Waals surface area contributed by atoms with Gasteiger partial charge in [-0.1, -0.05) is 19.1 Å². The number of carbonyl (C=O) groups is 1. The second-order valence-electron chi connectivity index (χ2n) is 8.07. The molecule has 1 aliphatic rings. The molecule has 0 aliphatic carbocycles. The minimum atomic E-state index is -0.297. The number of amides is 1. The number of nitrogens with one attached hydrogen (secondary N) is 1. The van der Waals surface area contributed by atoms with E-state index >= 15 is 0 Å². The number of anilines is 2. The second-order valence-corrected chi connectivity index (χ2v) is 8.07. The minimum absolute atomic E-state index is 0.146. The summed E-state index contributed by atoms with van der Waals surface area (Å²) in [6.07, 6.45) is 2.34. The van der Waals surface area contributed by atoms with Crippen LogP contribution >= 0.6 is 0 Å². The number of benzene rings is 2. The van der Waals surface area contributed by atoms with Crippen LogP contribution in [0.1, 0.15) is 19.8 Å². The highest BCUT2D eigenvalue weighted by molar-refractivity contribution is 5.94. The maximum Gasteiger partial charge on any atom is 0.262 e. The Morgan fingerprint density at radius 1 is 1.06 bits per heavy atom. The third-order valence-corrected chi connectivity index (χ3v) is 5.82. The monoisotopic (exact) mass is 435 g/mol. The van der Waals surface area contributed by atoms with Crippen LogP contribution < -0.4 is 24.4 Å². The van der Waals surface area contributed by atoms with Crippen LogP contribution in [0.25, 0.3) is 10.9 Å². The molecule has 168 valence electrons. The molecule has 0 unspecified atom stereocenters. The standard InChI is InChI=1S/C25H29N3O4/c1-17-11-13-28(14-12-17)23-10-7-18-5-4-6-22(25(18)27-23)32-16-24(29)26-20-15-19(30-2)8-9-21(20)31-3/h4-10,15,17H,11-14,16H2,1-3H3,(H,26,29). The van der Waals surface area contributed by atoms with E-state index in [1.165, 1.54) is 12.8 Å². The lowest BCUT2D eigenvalue weighted by Gasteiger charge is -2.31. The Balaban J connectivity index is 1.48. The molecule has 1 aliphatic heterocycles. The van der Waals surface area contributed by atoms with Crippen molar-refractivity contribution in [1.29, 1.82) is 0 Å². The van der Waals surface area contributed by atoms with E-state index in [9.17, 15) is 4.79 Å². The zero-order valence-electron chi connectivity index (χ0n) is 18.8. The van der Waals surface area contributed by atoms with Crippen LogP contribution in [0, 0.1) is 5.92 Å². The van der Waals surface area contributed by atoms with Crippen LogP contribution in [-0.4, -0.2) is 44.8 Å². The fourth-order valence-corrected chi connectivity index (χ4v) is 3.88. The zero-order chi connectivity index (χ0) is 22.5. The Hall–Kier alpha value is -3.48. The fraction of sp³-hybridized carbons (Fsp3) is 0.360. The van der Waals surface area contributed by atoms with Crippen LogP contribution in [-0.2, 0) is 4.79 Å². The Bertz CT molecular complexity index is 1090. The van der Waals surface area contributed by atoms with E-state index in [0.29, 0.717) is 22.9 Å². The molecule has 32 heavy (non-hydrogen) atoms. The number of para-hydroxylation sites is 1. The van der Waals surface area contributed by atoms with Crippen molar-refractivity contribution in [2.45, 2.75) is 19.8 Å². The van der Waals surface area contributed by atoms with Crippen molar-refractivity contribution in [2.75, 3.05) is 44.1 Å². The zero-order valence-corrected chi connectivity index (χ0v) is 18.8. The molecular weight excluding hydrogens is 406 g/mol. The van der Waals surface area contributed by atoms with E-state index in [1.54, 1.807) is 32.4 Å². The van der Waals surface area contributed by atoms with Gasteiger partial charge in [-0.3, -0.25) is 4.79 Å². The average molecular weight is 436 g/mol. The Morgan fingerprint density at radius 3 is 2.62 bits per heavy atom. The first-order valence-electron chi connectivity index (χ1n) is 10.9. The molecule has 7 nitrogen and oxygen atoms in total. The van der Waals surface area contributed by atoms with Crippen molar-refractivity contribution in [3.8, 4) is 17.2 Å². The first-order valence-corrected chi connectivity index (χ1v) is 10.9. The molecule has 0 spiro atoms. The summed E-state index contributed by atoms with van der Waals surface area (Å²) in [5, 5.41) is 3.80. The number of ether oxygens (including phenoxy) is 3. The van der Waals surface area contributed by atoms with Gasteiger partial charge in [0.1, 0.15) is 28.6 Å². The minimum Gasteiger partial charge on any atom is -0.497 e. The summed E-state index contributed by atoms with van der Waals surface area (Å²) in [7, 11) is 3.12. The van der Waals surface area contributed by atoms with Crippen molar-refractivity contribution in [2.24, 2.45) is 5.92 Å². The highest BCUT2D eigenvalue weighted by atomic mass is 16.5. The highest BCUT2D eigenvalue weighted by Crippen LogP contribution is 2.30. The van der Waals surface area contributed by atoms with Gasteiger partial charge in [-0.05, 0) is 49.1 Å². The van der Waals surface area contributed by atoms with Crippen LogP contribution in [0.2, 0.25) is 0 Å². The number of pyridine rings is 1. The summed E-state index contributed by atoms with van der Waals surface area (Å²) in [5.74, 6) is 3.17. The topological polar surface area (TPSA) is 72.9 Å². The average Bonchev–Trinajstić information content (AvgIpc) is 2.82. The van der Waals surface area contributed by atoms with Gasteiger partial charge in [0.25, 0.3) is 5.91 Å². The van der Waals surface area contributed by atoms with Crippen molar-refractivity contribution in [3.05, 3.63) is 48.5 Å². The third kappa shape index (κ3) is 4.88. The van der Waals surface area contributed by atoms with Crippen LogP contribution in [0.15, 0.2) is 48.5 Å². The Morgan fingerprint density at radius 2 is 1.88 bits per heavy atom. The molecule has 0 atom stereocenters. The summed E-state index contributed by atoms with van der Waals surface area (Å²) in [6, 6.07) is 15.1. The molecular formula is C25H29N3O4. The molecule has 1 saturated heterocycles. The van der Waals surface area contributed by atoms with Gasteiger partial charge < -0.3 is 24.4 Å². The largest absolute Gasteiger partial charge is 0.497 e. The maximum absolute atomic E-state index is 12.6. The molecule has 0 radical (unpaired) electrons. The second kappa shape index (κ2) is 9.77. The first kappa shape index (κ1) is 21.7. The van der Waals surface area contributed by atoms with Crippen LogP contribution in [0.3, 0.4) is 0 Å². The molecule has 4 rings (SSSR count). The number of piperidine rings is 1. The summed E-state index contributed by atoms with van der Waals surface area (Å²) >= 11 is 0. The van der Waals surface area contributed by atoms with Crippen molar-refractivity contribution in [3.63, 3.8) is 0 Å². The van der Waals surface area contributed by atoms with E-state index in [-0.39, 0.29) is 12.5 Å². The number of hydrogen-bond donors (Lipinski definition) is 1.